The number of nitrogens with zero attached hydrogens (tertiary/aromatic N) is 2. The van der Waals surface area contributed by atoms with Gasteiger partial charge in [-0.1, -0.05) is 84.9 Å². The van der Waals surface area contributed by atoms with Crippen molar-refractivity contribution in [2.24, 2.45) is 0 Å². The zero-order valence-electron chi connectivity index (χ0n) is 24.9. The lowest BCUT2D eigenvalue weighted by Gasteiger charge is -2.34. The molecule has 4 heteroatoms. The van der Waals surface area contributed by atoms with Crippen LogP contribution in [0, 0.1) is 0 Å². The largest absolute Gasteiger partial charge is 0.456 e. The number of benzene rings is 7. The minimum absolute atomic E-state index is 0.804. The number of ether oxygens (including phenoxy) is 1. The Labute approximate surface area is 267 Å². The highest BCUT2D eigenvalue weighted by Gasteiger charge is 2.27. The van der Waals surface area contributed by atoms with Crippen LogP contribution in [0.2, 0.25) is 0 Å². The quantitative estimate of drug-likeness (QED) is 0.199. The molecule has 0 amide bonds. The Bertz CT molecular complexity index is 2340. The molecule has 0 radical (unpaired) electrons. The van der Waals surface area contributed by atoms with Crippen molar-refractivity contribution in [2.45, 2.75) is 0 Å². The first-order valence-corrected chi connectivity index (χ1v) is 15.4. The summed E-state index contributed by atoms with van der Waals surface area (Å²) in [4.78, 5) is 4.53. The SMILES string of the molecule is c1ccc(N(c2ccc(-c3ccc4oc5ccccc5c4c3)cc2)c2ccc3c(c2)Oc2ccccc2N3c2ccccc2)cc1. The van der Waals surface area contributed by atoms with Crippen LogP contribution in [0.3, 0.4) is 0 Å². The number of fused-ring (bicyclic) bond motifs is 5. The number of para-hydroxylation sites is 5. The number of hydrogen-bond donors (Lipinski definition) is 0. The minimum Gasteiger partial charge on any atom is -0.456 e. The lowest BCUT2D eigenvalue weighted by Crippen LogP contribution is -2.16. The van der Waals surface area contributed by atoms with Gasteiger partial charge in [0, 0.05) is 39.6 Å². The van der Waals surface area contributed by atoms with E-state index in [1.54, 1.807) is 0 Å². The fourth-order valence-corrected chi connectivity index (χ4v) is 6.47. The highest BCUT2D eigenvalue weighted by molar-refractivity contribution is 6.06. The molecule has 0 aliphatic carbocycles. The fraction of sp³-hybridized carbons (Fsp3) is 0. The first-order valence-electron chi connectivity index (χ1n) is 15.4. The van der Waals surface area contributed by atoms with Crippen molar-refractivity contribution in [2.75, 3.05) is 9.80 Å². The van der Waals surface area contributed by atoms with Crippen LogP contribution in [-0.4, -0.2) is 0 Å². The summed E-state index contributed by atoms with van der Waals surface area (Å²) in [7, 11) is 0. The molecular formula is C42H28N2O2. The van der Waals surface area contributed by atoms with Gasteiger partial charge in [-0.25, -0.2) is 0 Å². The van der Waals surface area contributed by atoms with Gasteiger partial charge in [0.2, 0.25) is 0 Å². The molecule has 0 spiro atoms. The Morgan fingerprint density at radius 2 is 1.04 bits per heavy atom. The van der Waals surface area contributed by atoms with Gasteiger partial charge in [0.1, 0.15) is 11.2 Å². The predicted molar refractivity (Wildman–Crippen MR) is 189 cm³/mol. The normalized spacial score (nSPS) is 12.0. The highest BCUT2D eigenvalue weighted by atomic mass is 16.5. The van der Waals surface area contributed by atoms with Crippen molar-refractivity contribution >= 4 is 56.1 Å². The van der Waals surface area contributed by atoms with E-state index >= 15 is 0 Å². The van der Waals surface area contributed by atoms with Crippen molar-refractivity contribution in [1.82, 2.24) is 0 Å². The molecule has 1 aromatic heterocycles. The maximum absolute atomic E-state index is 6.55. The monoisotopic (exact) mass is 592 g/mol. The molecule has 2 heterocycles. The third-order valence-corrected chi connectivity index (χ3v) is 8.63. The van der Waals surface area contributed by atoms with Gasteiger partial charge >= 0.3 is 0 Å². The summed E-state index contributed by atoms with van der Waals surface area (Å²) in [6.45, 7) is 0. The van der Waals surface area contributed by atoms with Gasteiger partial charge in [-0.2, -0.15) is 0 Å². The summed E-state index contributed by atoms with van der Waals surface area (Å²) >= 11 is 0. The average Bonchev–Trinajstić information content (AvgIpc) is 3.50. The van der Waals surface area contributed by atoms with Crippen LogP contribution in [0.4, 0.5) is 34.1 Å². The Morgan fingerprint density at radius 3 is 1.89 bits per heavy atom. The average molecular weight is 593 g/mol. The van der Waals surface area contributed by atoms with E-state index in [1.165, 1.54) is 0 Å². The van der Waals surface area contributed by atoms with Crippen LogP contribution in [0.1, 0.15) is 0 Å². The summed E-state index contributed by atoms with van der Waals surface area (Å²) in [5.74, 6) is 1.63. The molecule has 1 aliphatic heterocycles. The first-order chi connectivity index (χ1) is 22.8. The van der Waals surface area contributed by atoms with Crippen molar-refractivity contribution in [3.63, 3.8) is 0 Å². The second-order valence-corrected chi connectivity index (χ2v) is 11.4. The highest BCUT2D eigenvalue weighted by Crippen LogP contribution is 2.52. The van der Waals surface area contributed by atoms with Crippen LogP contribution in [0.5, 0.6) is 11.5 Å². The molecule has 0 saturated carbocycles. The lowest BCUT2D eigenvalue weighted by molar-refractivity contribution is 0.477. The molecule has 0 saturated heterocycles. The van der Waals surface area contributed by atoms with E-state index in [0.717, 1.165) is 78.7 Å². The third kappa shape index (κ3) is 4.39. The molecule has 0 bridgehead atoms. The van der Waals surface area contributed by atoms with Crippen molar-refractivity contribution in [1.29, 1.82) is 0 Å². The molecule has 7 aromatic carbocycles. The van der Waals surface area contributed by atoms with Gasteiger partial charge in [-0.05, 0) is 90.0 Å². The zero-order chi connectivity index (χ0) is 30.5. The number of furan rings is 1. The Kier molecular flexibility index (Phi) is 6.10. The van der Waals surface area contributed by atoms with Crippen molar-refractivity contribution in [3.8, 4) is 22.6 Å². The summed E-state index contributed by atoms with van der Waals surface area (Å²) in [5.41, 5.74) is 10.4. The van der Waals surface area contributed by atoms with Crippen molar-refractivity contribution in [3.05, 3.63) is 170 Å². The van der Waals surface area contributed by atoms with E-state index in [0.29, 0.717) is 0 Å². The van der Waals surface area contributed by atoms with E-state index in [1.807, 2.05) is 42.5 Å². The molecule has 0 atom stereocenters. The second-order valence-electron chi connectivity index (χ2n) is 11.4. The molecule has 9 rings (SSSR count). The smallest absolute Gasteiger partial charge is 0.153 e. The fourth-order valence-electron chi connectivity index (χ4n) is 6.47. The van der Waals surface area contributed by atoms with E-state index in [9.17, 15) is 0 Å². The van der Waals surface area contributed by atoms with Crippen LogP contribution in [0.25, 0.3) is 33.1 Å². The second kappa shape index (κ2) is 10.7. The topological polar surface area (TPSA) is 28.9 Å². The van der Waals surface area contributed by atoms with E-state index < -0.39 is 0 Å². The van der Waals surface area contributed by atoms with Gasteiger partial charge in [0.15, 0.2) is 11.5 Å². The molecule has 0 N–H and O–H groups in total. The van der Waals surface area contributed by atoms with Crippen LogP contribution >= 0.6 is 0 Å². The predicted octanol–water partition coefficient (Wildman–Crippen LogP) is 12.3. The summed E-state index contributed by atoms with van der Waals surface area (Å²) < 4.78 is 12.6. The van der Waals surface area contributed by atoms with Gasteiger partial charge < -0.3 is 19.0 Å². The molecule has 0 unspecified atom stereocenters. The molecule has 4 nitrogen and oxygen atoms in total. The summed E-state index contributed by atoms with van der Waals surface area (Å²) in [5, 5.41) is 2.26. The molecule has 46 heavy (non-hydrogen) atoms. The molecule has 8 aromatic rings. The summed E-state index contributed by atoms with van der Waals surface area (Å²) in [6, 6.07) is 58.9. The van der Waals surface area contributed by atoms with Crippen LogP contribution < -0.4 is 14.5 Å². The lowest BCUT2D eigenvalue weighted by atomic mass is 10.0. The maximum Gasteiger partial charge on any atom is 0.153 e. The maximum atomic E-state index is 6.55. The van der Waals surface area contributed by atoms with Gasteiger partial charge in [0.05, 0.1) is 11.4 Å². The Hall–Kier alpha value is -6.26. The number of rotatable bonds is 5. The van der Waals surface area contributed by atoms with Crippen LogP contribution in [-0.2, 0) is 0 Å². The minimum atomic E-state index is 0.804. The molecule has 0 fully saturated rings. The van der Waals surface area contributed by atoms with Gasteiger partial charge in [-0.15, -0.1) is 0 Å². The number of anilines is 6. The van der Waals surface area contributed by atoms with Gasteiger partial charge in [-0.3, -0.25) is 0 Å². The Morgan fingerprint density at radius 1 is 0.413 bits per heavy atom. The van der Waals surface area contributed by atoms with E-state index in [4.69, 9.17) is 9.15 Å². The first kappa shape index (κ1) is 26.2. The van der Waals surface area contributed by atoms with E-state index in [-0.39, 0.29) is 0 Å². The van der Waals surface area contributed by atoms with Crippen LogP contribution in [0.15, 0.2) is 174 Å². The summed E-state index contributed by atoms with van der Waals surface area (Å²) in [6.07, 6.45) is 0. The standard InChI is InChI=1S/C42H28N2O2/c1-3-11-31(12-4-1)43(33-22-19-29(20-23-33)30-21-26-40-36(27-30)35-15-7-9-17-39(35)45-40)34-24-25-38-42(28-34)46-41-18-10-8-16-37(41)44(38)32-13-5-2-6-14-32/h1-28H. The van der Waals surface area contributed by atoms with E-state index in [2.05, 4.69) is 137 Å². The third-order valence-electron chi connectivity index (χ3n) is 8.63. The van der Waals surface area contributed by atoms with Gasteiger partial charge in [0.25, 0.3) is 0 Å². The molecule has 218 valence electrons. The number of hydrogen-bond acceptors (Lipinski definition) is 4. The van der Waals surface area contributed by atoms with Crippen molar-refractivity contribution < 1.29 is 9.15 Å². The molecular weight excluding hydrogens is 564 g/mol. The molecule has 1 aliphatic rings. The zero-order valence-corrected chi connectivity index (χ0v) is 24.9. The Balaban J connectivity index is 1.12.